The van der Waals surface area contributed by atoms with Crippen LogP contribution in [-0.2, 0) is 0 Å². The minimum Gasteiger partial charge on any atom is -0.386 e. The van der Waals surface area contributed by atoms with Gasteiger partial charge in [-0.1, -0.05) is 19.8 Å². The Kier molecular flexibility index (Phi) is 5.46. The second-order valence-corrected chi connectivity index (χ2v) is 4.11. The van der Waals surface area contributed by atoms with E-state index in [1.807, 2.05) is 7.05 Å². The van der Waals surface area contributed by atoms with Gasteiger partial charge in [-0.3, -0.25) is 9.78 Å². The third-order valence-corrected chi connectivity index (χ3v) is 2.76. The van der Waals surface area contributed by atoms with Crippen molar-refractivity contribution in [1.82, 2.24) is 9.88 Å². The molecule has 0 aromatic carbocycles. The highest BCUT2D eigenvalue weighted by molar-refractivity contribution is 5.99. The number of rotatable bonds is 6. The molecule has 1 aromatic rings. The quantitative estimate of drug-likeness (QED) is 0.770. The Balaban J connectivity index is 2.67. The van der Waals surface area contributed by atoms with E-state index in [-0.39, 0.29) is 5.91 Å². The summed E-state index contributed by atoms with van der Waals surface area (Å²) in [7, 11) is 3.64. The first-order valence-electron chi connectivity index (χ1n) is 6.08. The minimum absolute atomic E-state index is 0.0489. The smallest absolute Gasteiger partial charge is 0.255 e. The van der Waals surface area contributed by atoms with Gasteiger partial charge in [0.2, 0.25) is 0 Å². The molecule has 0 saturated heterocycles. The van der Waals surface area contributed by atoms with Crippen LogP contribution in [0.15, 0.2) is 18.5 Å². The summed E-state index contributed by atoms with van der Waals surface area (Å²) in [5.74, 6) is 0.0489. The average molecular weight is 235 g/mol. The van der Waals surface area contributed by atoms with E-state index in [0.717, 1.165) is 25.1 Å². The number of aromatic nitrogens is 1. The maximum absolute atomic E-state index is 12.2. The van der Waals surface area contributed by atoms with E-state index in [1.165, 1.54) is 6.42 Å². The van der Waals surface area contributed by atoms with Crippen LogP contribution in [0.3, 0.4) is 0 Å². The molecule has 17 heavy (non-hydrogen) atoms. The van der Waals surface area contributed by atoms with Gasteiger partial charge < -0.3 is 10.2 Å². The fourth-order valence-electron chi connectivity index (χ4n) is 1.69. The topological polar surface area (TPSA) is 45.2 Å². The largest absolute Gasteiger partial charge is 0.386 e. The SMILES string of the molecule is CCCCCN(C)C(=O)c1ccncc1NC. The van der Waals surface area contributed by atoms with E-state index >= 15 is 0 Å². The van der Waals surface area contributed by atoms with Crippen molar-refractivity contribution in [2.45, 2.75) is 26.2 Å². The summed E-state index contributed by atoms with van der Waals surface area (Å²) in [6.07, 6.45) is 6.70. The number of carbonyl (C=O) groups is 1. The summed E-state index contributed by atoms with van der Waals surface area (Å²) in [4.78, 5) is 17.9. The Morgan fingerprint density at radius 1 is 1.47 bits per heavy atom. The van der Waals surface area contributed by atoms with Crippen molar-refractivity contribution in [3.8, 4) is 0 Å². The van der Waals surface area contributed by atoms with Gasteiger partial charge in [0.1, 0.15) is 0 Å². The molecule has 0 atom stereocenters. The molecule has 0 aliphatic carbocycles. The lowest BCUT2D eigenvalue weighted by Crippen LogP contribution is -2.28. The van der Waals surface area contributed by atoms with Crippen molar-refractivity contribution in [3.05, 3.63) is 24.0 Å². The summed E-state index contributed by atoms with van der Waals surface area (Å²) in [6.45, 7) is 2.96. The average Bonchev–Trinajstić information content (AvgIpc) is 2.38. The van der Waals surface area contributed by atoms with Crippen molar-refractivity contribution in [2.75, 3.05) is 26.0 Å². The monoisotopic (exact) mass is 235 g/mol. The molecule has 0 saturated carbocycles. The summed E-state index contributed by atoms with van der Waals surface area (Å²) in [6, 6.07) is 1.75. The molecule has 4 heteroatoms. The van der Waals surface area contributed by atoms with E-state index in [1.54, 1.807) is 30.4 Å². The van der Waals surface area contributed by atoms with Crippen LogP contribution in [-0.4, -0.2) is 36.4 Å². The first-order valence-corrected chi connectivity index (χ1v) is 6.08. The first kappa shape index (κ1) is 13.5. The third-order valence-electron chi connectivity index (χ3n) is 2.76. The molecule has 4 nitrogen and oxygen atoms in total. The molecule has 1 N–H and O–H groups in total. The molecule has 1 heterocycles. The zero-order valence-corrected chi connectivity index (χ0v) is 10.9. The van der Waals surface area contributed by atoms with E-state index in [9.17, 15) is 4.79 Å². The number of nitrogens with zero attached hydrogens (tertiary/aromatic N) is 2. The van der Waals surface area contributed by atoms with Crippen molar-refractivity contribution in [3.63, 3.8) is 0 Å². The number of carbonyl (C=O) groups excluding carboxylic acids is 1. The molecule has 0 bridgehead atoms. The molecule has 1 amide bonds. The first-order chi connectivity index (χ1) is 8.20. The highest BCUT2D eigenvalue weighted by Gasteiger charge is 2.14. The lowest BCUT2D eigenvalue weighted by atomic mass is 10.2. The Labute approximate surface area is 103 Å². The van der Waals surface area contributed by atoms with Crippen LogP contribution in [0.25, 0.3) is 0 Å². The number of hydrogen-bond acceptors (Lipinski definition) is 3. The second-order valence-electron chi connectivity index (χ2n) is 4.11. The predicted octanol–water partition coefficient (Wildman–Crippen LogP) is 2.39. The molecule has 0 aliphatic heterocycles. The lowest BCUT2D eigenvalue weighted by Gasteiger charge is -2.18. The zero-order chi connectivity index (χ0) is 12.7. The molecule has 0 fully saturated rings. The maximum Gasteiger partial charge on any atom is 0.255 e. The number of anilines is 1. The van der Waals surface area contributed by atoms with Crippen molar-refractivity contribution < 1.29 is 4.79 Å². The summed E-state index contributed by atoms with van der Waals surface area (Å²) in [5, 5.41) is 2.99. The van der Waals surface area contributed by atoms with Gasteiger partial charge in [0, 0.05) is 26.8 Å². The Morgan fingerprint density at radius 2 is 2.24 bits per heavy atom. The predicted molar refractivity (Wildman–Crippen MR) is 70.3 cm³/mol. The van der Waals surface area contributed by atoms with Crippen LogP contribution in [0, 0.1) is 0 Å². The van der Waals surface area contributed by atoms with Crippen LogP contribution in [0.1, 0.15) is 36.5 Å². The normalized spacial score (nSPS) is 10.1. The Morgan fingerprint density at radius 3 is 2.88 bits per heavy atom. The minimum atomic E-state index is 0.0489. The van der Waals surface area contributed by atoms with Crippen LogP contribution >= 0.6 is 0 Å². The van der Waals surface area contributed by atoms with Gasteiger partial charge >= 0.3 is 0 Å². The molecular formula is C13H21N3O. The molecule has 0 aliphatic rings. The lowest BCUT2D eigenvalue weighted by molar-refractivity contribution is 0.0793. The number of hydrogen-bond donors (Lipinski definition) is 1. The van der Waals surface area contributed by atoms with E-state index < -0.39 is 0 Å². The van der Waals surface area contributed by atoms with Gasteiger partial charge in [0.05, 0.1) is 17.4 Å². The Hall–Kier alpha value is -1.58. The fraction of sp³-hybridized carbons (Fsp3) is 0.538. The number of nitrogens with one attached hydrogen (secondary N) is 1. The summed E-state index contributed by atoms with van der Waals surface area (Å²) in [5.41, 5.74) is 1.46. The number of pyridine rings is 1. The van der Waals surface area contributed by atoms with Crippen LogP contribution in [0.5, 0.6) is 0 Å². The molecular weight excluding hydrogens is 214 g/mol. The molecule has 94 valence electrons. The molecule has 0 unspecified atom stereocenters. The van der Waals surface area contributed by atoms with Crippen molar-refractivity contribution in [1.29, 1.82) is 0 Å². The third kappa shape index (κ3) is 3.73. The van der Waals surface area contributed by atoms with Gasteiger partial charge in [0.15, 0.2) is 0 Å². The molecule has 1 rings (SSSR count). The highest BCUT2D eigenvalue weighted by Crippen LogP contribution is 2.14. The van der Waals surface area contributed by atoms with E-state index in [2.05, 4.69) is 17.2 Å². The number of unbranched alkanes of at least 4 members (excludes halogenated alkanes) is 2. The van der Waals surface area contributed by atoms with Gasteiger partial charge in [-0.2, -0.15) is 0 Å². The van der Waals surface area contributed by atoms with Gasteiger partial charge in [-0.25, -0.2) is 0 Å². The second kappa shape index (κ2) is 6.89. The Bertz CT molecular complexity index is 365. The van der Waals surface area contributed by atoms with Gasteiger partial charge in [-0.05, 0) is 12.5 Å². The van der Waals surface area contributed by atoms with E-state index in [0.29, 0.717) is 5.56 Å². The molecule has 1 aromatic heterocycles. The van der Waals surface area contributed by atoms with Gasteiger partial charge in [0.25, 0.3) is 5.91 Å². The highest BCUT2D eigenvalue weighted by atomic mass is 16.2. The maximum atomic E-state index is 12.2. The summed E-state index contributed by atoms with van der Waals surface area (Å²) < 4.78 is 0. The standard InChI is InChI=1S/C13H21N3O/c1-4-5-6-9-16(3)13(17)11-7-8-15-10-12(11)14-2/h7-8,10,14H,4-6,9H2,1-3H3. The fourth-order valence-corrected chi connectivity index (χ4v) is 1.69. The molecule has 0 radical (unpaired) electrons. The van der Waals surface area contributed by atoms with Gasteiger partial charge in [-0.15, -0.1) is 0 Å². The summed E-state index contributed by atoms with van der Waals surface area (Å²) >= 11 is 0. The van der Waals surface area contributed by atoms with Crippen molar-refractivity contribution in [2.24, 2.45) is 0 Å². The van der Waals surface area contributed by atoms with Crippen LogP contribution < -0.4 is 5.32 Å². The molecule has 0 spiro atoms. The number of amides is 1. The zero-order valence-electron chi connectivity index (χ0n) is 10.9. The van der Waals surface area contributed by atoms with Crippen molar-refractivity contribution >= 4 is 11.6 Å². The van der Waals surface area contributed by atoms with E-state index in [4.69, 9.17) is 0 Å². The van der Waals surface area contributed by atoms with Crippen LogP contribution in [0.4, 0.5) is 5.69 Å². The van der Waals surface area contributed by atoms with Crippen LogP contribution in [0.2, 0.25) is 0 Å².